The molecule has 0 saturated carbocycles. The van der Waals surface area contributed by atoms with Crippen molar-refractivity contribution < 1.29 is 9.53 Å². The molecular weight excluding hydrogens is 270 g/mol. The Kier molecular flexibility index (Phi) is 4.20. The Morgan fingerprint density at radius 1 is 1.20 bits per heavy atom. The summed E-state index contributed by atoms with van der Waals surface area (Å²) in [6.45, 7) is 2.12. The van der Waals surface area contributed by atoms with Gasteiger partial charge in [-0.25, -0.2) is 4.79 Å². The third-order valence-electron chi connectivity index (χ3n) is 4.46. The van der Waals surface area contributed by atoms with Crippen LogP contribution in [0, 0.1) is 5.41 Å². The quantitative estimate of drug-likeness (QED) is 0.834. The minimum absolute atomic E-state index is 0.149. The highest BCUT2D eigenvalue weighted by Gasteiger charge is 2.41. The van der Waals surface area contributed by atoms with Crippen molar-refractivity contribution in [1.82, 2.24) is 4.90 Å². The van der Waals surface area contributed by atoms with Crippen LogP contribution in [0.15, 0.2) is 30.3 Å². The van der Waals surface area contributed by atoms with Crippen LogP contribution in [0.5, 0.6) is 0 Å². The number of hydrogen-bond donors (Lipinski definition) is 0. The van der Waals surface area contributed by atoms with Crippen LogP contribution in [0.25, 0.3) is 0 Å². The van der Waals surface area contributed by atoms with Gasteiger partial charge in [-0.2, -0.15) is 11.8 Å². The lowest BCUT2D eigenvalue weighted by atomic mass is 9.81. The Morgan fingerprint density at radius 3 is 2.70 bits per heavy atom. The molecule has 0 bridgehead atoms. The standard InChI is InChI=1S/C16H21NO2S/c18-15(19-12-14-4-2-1-3-5-14)17-9-6-16(13-17)7-10-20-11-8-16/h1-5H,6-13H2. The highest BCUT2D eigenvalue weighted by atomic mass is 32.2. The molecule has 1 amide bonds. The molecule has 3 rings (SSSR count). The smallest absolute Gasteiger partial charge is 0.410 e. The minimum atomic E-state index is -0.149. The van der Waals surface area contributed by atoms with Gasteiger partial charge in [0.25, 0.3) is 0 Å². The first-order valence-electron chi connectivity index (χ1n) is 7.31. The Morgan fingerprint density at radius 2 is 1.95 bits per heavy atom. The number of ether oxygens (including phenoxy) is 1. The van der Waals surface area contributed by atoms with Gasteiger partial charge in [-0.05, 0) is 41.7 Å². The zero-order chi connectivity index (χ0) is 13.8. The van der Waals surface area contributed by atoms with Crippen molar-refractivity contribution in [2.24, 2.45) is 5.41 Å². The van der Waals surface area contributed by atoms with Crippen molar-refractivity contribution in [2.75, 3.05) is 24.6 Å². The third kappa shape index (κ3) is 3.11. The van der Waals surface area contributed by atoms with E-state index in [0.29, 0.717) is 12.0 Å². The van der Waals surface area contributed by atoms with Gasteiger partial charge in [0.1, 0.15) is 6.61 Å². The van der Waals surface area contributed by atoms with Gasteiger partial charge < -0.3 is 9.64 Å². The Hall–Kier alpha value is -1.16. The molecule has 2 aliphatic rings. The van der Waals surface area contributed by atoms with Crippen molar-refractivity contribution >= 4 is 17.9 Å². The van der Waals surface area contributed by atoms with Gasteiger partial charge in [-0.15, -0.1) is 0 Å². The van der Waals surface area contributed by atoms with E-state index in [2.05, 4.69) is 0 Å². The second-order valence-corrected chi connectivity index (χ2v) is 7.05. The van der Waals surface area contributed by atoms with Crippen LogP contribution in [0.4, 0.5) is 4.79 Å². The molecule has 0 aliphatic carbocycles. The summed E-state index contributed by atoms with van der Waals surface area (Å²) >= 11 is 2.04. The number of nitrogens with zero attached hydrogens (tertiary/aromatic N) is 1. The van der Waals surface area contributed by atoms with Gasteiger partial charge in [0.2, 0.25) is 0 Å². The topological polar surface area (TPSA) is 29.5 Å². The van der Waals surface area contributed by atoms with Crippen molar-refractivity contribution in [3.05, 3.63) is 35.9 Å². The molecular formula is C16H21NO2S. The van der Waals surface area contributed by atoms with E-state index in [1.54, 1.807) is 0 Å². The van der Waals surface area contributed by atoms with Crippen LogP contribution in [-0.4, -0.2) is 35.6 Å². The molecule has 0 N–H and O–H groups in total. The average molecular weight is 291 g/mol. The summed E-state index contributed by atoms with van der Waals surface area (Å²) in [4.78, 5) is 14.0. The number of thioether (sulfide) groups is 1. The van der Waals surface area contributed by atoms with Gasteiger partial charge in [0.15, 0.2) is 0 Å². The van der Waals surface area contributed by atoms with Crippen LogP contribution in [0.2, 0.25) is 0 Å². The lowest BCUT2D eigenvalue weighted by molar-refractivity contribution is 0.0988. The van der Waals surface area contributed by atoms with Gasteiger partial charge in [-0.3, -0.25) is 0 Å². The van der Waals surface area contributed by atoms with Crippen LogP contribution in [0.3, 0.4) is 0 Å². The maximum atomic E-state index is 12.1. The second kappa shape index (κ2) is 6.08. The monoisotopic (exact) mass is 291 g/mol. The Balaban J connectivity index is 1.51. The van der Waals surface area contributed by atoms with Gasteiger partial charge >= 0.3 is 6.09 Å². The molecule has 1 spiro atoms. The molecule has 3 nitrogen and oxygen atoms in total. The van der Waals surface area contributed by atoms with Crippen molar-refractivity contribution in [1.29, 1.82) is 0 Å². The second-order valence-electron chi connectivity index (χ2n) is 5.82. The number of carbonyl (C=O) groups is 1. The summed E-state index contributed by atoms with van der Waals surface area (Å²) in [5, 5.41) is 0. The maximum absolute atomic E-state index is 12.1. The number of likely N-dealkylation sites (tertiary alicyclic amines) is 1. The van der Waals surface area contributed by atoms with E-state index in [4.69, 9.17) is 4.74 Å². The molecule has 4 heteroatoms. The molecule has 1 aromatic carbocycles. The maximum Gasteiger partial charge on any atom is 0.410 e. The van der Waals surface area contributed by atoms with E-state index in [9.17, 15) is 4.79 Å². The molecule has 108 valence electrons. The van der Waals surface area contributed by atoms with Crippen LogP contribution in [-0.2, 0) is 11.3 Å². The fraction of sp³-hybridized carbons (Fsp3) is 0.562. The largest absolute Gasteiger partial charge is 0.445 e. The molecule has 0 unspecified atom stereocenters. The number of amides is 1. The molecule has 0 radical (unpaired) electrons. The molecule has 1 aromatic rings. The van der Waals surface area contributed by atoms with E-state index < -0.39 is 0 Å². The number of hydrogen-bond acceptors (Lipinski definition) is 3. The van der Waals surface area contributed by atoms with Crippen molar-refractivity contribution in [3.8, 4) is 0 Å². The minimum Gasteiger partial charge on any atom is -0.445 e. The molecule has 0 aromatic heterocycles. The fourth-order valence-corrected chi connectivity index (χ4v) is 4.47. The summed E-state index contributed by atoms with van der Waals surface area (Å²) in [6.07, 6.45) is 3.50. The zero-order valence-corrected chi connectivity index (χ0v) is 12.5. The summed E-state index contributed by atoms with van der Waals surface area (Å²) < 4.78 is 5.43. The van der Waals surface area contributed by atoms with Crippen molar-refractivity contribution in [2.45, 2.75) is 25.9 Å². The molecule has 2 fully saturated rings. The summed E-state index contributed by atoms with van der Waals surface area (Å²) in [6, 6.07) is 9.87. The lowest BCUT2D eigenvalue weighted by Gasteiger charge is -2.32. The van der Waals surface area contributed by atoms with Crippen LogP contribution >= 0.6 is 11.8 Å². The average Bonchev–Trinajstić information content (AvgIpc) is 2.90. The highest BCUT2D eigenvalue weighted by Crippen LogP contribution is 2.42. The Labute approximate surface area is 124 Å². The van der Waals surface area contributed by atoms with E-state index in [1.165, 1.54) is 24.3 Å². The predicted octanol–water partition coefficient (Wildman–Crippen LogP) is 3.54. The van der Waals surface area contributed by atoms with E-state index in [-0.39, 0.29) is 6.09 Å². The normalized spacial score (nSPS) is 21.1. The SMILES string of the molecule is O=C(OCc1ccccc1)N1CCC2(CCSCC2)C1. The third-order valence-corrected chi connectivity index (χ3v) is 5.44. The Bertz CT molecular complexity index is 457. The molecule has 2 aliphatic heterocycles. The van der Waals surface area contributed by atoms with Crippen LogP contribution < -0.4 is 0 Å². The number of carbonyl (C=O) groups excluding carboxylic acids is 1. The highest BCUT2D eigenvalue weighted by molar-refractivity contribution is 7.99. The van der Waals surface area contributed by atoms with Crippen LogP contribution in [0.1, 0.15) is 24.8 Å². The first-order chi connectivity index (χ1) is 9.77. The van der Waals surface area contributed by atoms with E-state index in [0.717, 1.165) is 25.1 Å². The number of benzene rings is 1. The fourth-order valence-electron chi connectivity index (χ4n) is 3.11. The molecule has 2 saturated heterocycles. The van der Waals surface area contributed by atoms with Gasteiger partial charge in [0, 0.05) is 13.1 Å². The molecule has 0 atom stereocenters. The van der Waals surface area contributed by atoms with Gasteiger partial charge in [0.05, 0.1) is 0 Å². The van der Waals surface area contributed by atoms with Crippen molar-refractivity contribution in [3.63, 3.8) is 0 Å². The summed E-state index contributed by atoms with van der Waals surface area (Å²) in [5.74, 6) is 2.49. The molecule has 2 heterocycles. The lowest BCUT2D eigenvalue weighted by Crippen LogP contribution is -2.34. The molecule has 20 heavy (non-hydrogen) atoms. The first-order valence-corrected chi connectivity index (χ1v) is 8.46. The number of rotatable bonds is 2. The summed E-state index contributed by atoms with van der Waals surface area (Å²) in [5.41, 5.74) is 1.43. The van der Waals surface area contributed by atoms with E-state index >= 15 is 0 Å². The zero-order valence-electron chi connectivity index (χ0n) is 11.7. The van der Waals surface area contributed by atoms with E-state index in [1.807, 2.05) is 47.0 Å². The first kappa shape index (κ1) is 13.8. The van der Waals surface area contributed by atoms with Gasteiger partial charge in [-0.1, -0.05) is 30.3 Å². The summed E-state index contributed by atoms with van der Waals surface area (Å²) in [7, 11) is 0. The predicted molar refractivity (Wildman–Crippen MR) is 81.8 cm³/mol.